The van der Waals surface area contributed by atoms with E-state index in [2.05, 4.69) is 30.9 Å². The molecule has 1 unspecified atom stereocenters. The lowest BCUT2D eigenvalue weighted by molar-refractivity contribution is 0.261. The SMILES string of the molecule is NC1=NC2(CO1)c1cc(Br)ccc1Oc1c2cc(Cl)nc1F.Oc1cccnc1F. The van der Waals surface area contributed by atoms with Crippen molar-refractivity contribution in [3.8, 4) is 17.2 Å². The first-order chi connectivity index (χ1) is 14.3. The second-order valence-electron chi connectivity index (χ2n) is 6.27. The molecule has 3 N–H and O–H groups in total. The molecule has 0 radical (unpaired) electrons. The lowest BCUT2D eigenvalue weighted by Gasteiger charge is -2.33. The number of hydrogen-bond donors (Lipinski definition) is 2. The van der Waals surface area contributed by atoms with E-state index in [1.165, 1.54) is 24.4 Å². The van der Waals surface area contributed by atoms with Crippen LogP contribution in [0.1, 0.15) is 11.1 Å². The van der Waals surface area contributed by atoms with Gasteiger partial charge in [0.25, 0.3) is 17.9 Å². The number of fused-ring (bicyclic) bond motifs is 4. The van der Waals surface area contributed by atoms with Gasteiger partial charge >= 0.3 is 0 Å². The van der Waals surface area contributed by atoms with Crippen molar-refractivity contribution in [2.45, 2.75) is 5.54 Å². The molecule has 0 saturated carbocycles. The minimum atomic E-state index is -0.996. The molecule has 2 aliphatic rings. The molecule has 0 fully saturated rings. The van der Waals surface area contributed by atoms with Crippen molar-refractivity contribution in [2.75, 3.05) is 6.61 Å². The summed E-state index contributed by atoms with van der Waals surface area (Å²) in [6.07, 6.45) is 1.27. The van der Waals surface area contributed by atoms with E-state index < -0.39 is 23.2 Å². The molecule has 5 rings (SSSR count). The number of nitrogens with two attached hydrogens (primary N) is 1. The van der Waals surface area contributed by atoms with Gasteiger partial charge in [-0.05, 0) is 36.4 Å². The molecule has 11 heteroatoms. The summed E-state index contributed by atoms with van der Waals surface area (Å²) in [5.74, 6) is -1.57. The highest BCUT2D eigenvalue weighted by Crippen LogP contribution is 2.52. The van der Waals surface area contributed by atoms with E-state index in [9.17, 15) is 8.78 Å². The Morgan fingerprint density at radius 3 is 2.60 bits per heavy atom. The molecule has 7 nitrogen and oxygen atoms in total. The summed E-state index contributed by atoms with van der Waals surface area (Å²) in [5.41, 5.74) is 5.87. The number of aliphatic imine (C=N–C) groups is 1. The van der Waals surface area contributed by atoms with Gasteiger partial charge < -0.3 is 20.3 Å². The van der Waals surface area contributed by atoms with Crippen LogP contribution in [0.4, 0.5) is 8.78 Å². The molecule has 3 aromatic rings. The first kappa shape index (κ1) is 20.3. The predicted octanol–water partition coefficient (Wildman–Crippen LogP) is 4.26. The van der Waals surface area contributed by atoms with Gasteiger partial charge in [-0.2, -0.15) is 8.78 Å². The van der Waals surface area contributed by atoms with Gasteiger partial charge in [-0.25, -0.2) is 15.0 Å². The fourth-order valence-corrected chi connectivity index (χ4v) is 3.68. The van der Waals surface area contributed by atoms with Crippen LogP contribution in [0, 0.1) is 11.9 Å². The zero-order valence-corrected chi connectivity index (χ0v) is 17.3. The van der Waals surface area contributed by atoms with Gasteiger partial charge in [0.15, 0.2) is 17.0 Å². The number of amidine groups is 1. The van der Waals surface area contributed by atoms with E-state index in [1.54, 1.807) is 12.1 Å². The molecule has 2 aromatic heterocycles. The summed E-state index contributed by atoms with van der Waals surface area (Å²) in [5, 5.41) is 8.49. The zero-order valence-electron chi connectivity index (χ0n) is 14.9. The summed E-state index contributed by atoms with van der Waals surface area (Å²) >= 11 is 9.32. The third kappa shape index (κ3) is 3.52. The fraction of sp³-hybridized carbons (Fsp3) is 0.105. The van der Waals surface area contributed by atoms with Crippen LogP contribution in [0.5, 0.6) is 17.2 Å². The summed E-state index contributed by atoms with van der Waals surface area (Å²) in [6, 6.07) is 9.61. The number of aromatic hydroxyl groups is 1. The predicted molar refractivity (Wildman–Crippen MR) is 108 cm³/mol. The van der Waals surface area contributed by atoms with Gasteiger partial charge in [0.05, 0.1) is 0 Å². The largest absolute Gasteiger partial charge is 0.504 e. The number of halogens is 4. The Balaban J connectivity index is 0.000000230. The summed E-state index contributed by atoms with van der Waals surface area (Å²) in [6.45, 7) is 0.137. The minimum absolute atomic E-state index is 0.0124. The van der Waals surface area contributed by atoms with Crippen LogP contribution in [-0.2, 0) is 10.3 Å². The van der Waals surface area contributed by atoms with Crippen LogP contribution >= 0.6 is 27.5 Å². The van der Waals surface area contributed by atoms with E-state index in [-0.39, 0.29) is 23.5 Å². The fourth-order valence-electron chi connectivity index (χ4n) is 3.13. The van der Waals surface area contributed by atoms with Crippen molar-refractivity contribution in [1.29, 1.82) is 0 Å². The summed E-state index contributed by atoms with van der Waals surface area (Å²) < 4.78 is 38.0. The highest BCUT2D eigenvalue weighted by Gasteiger charge is 2.48. The van der Waals surface area contributed by atoms with Gasteiger partial charge in [0.2, 0.25) is 0 Å². The Morgan fingerprint density at radius 2 is 1.97 bits per heavy atom. The second-order valence-corrected chi connectivity index (χ2v) is 7.57. The van der Waals surface area contributed by atoms with E-state index in [1.807, 2.05) is 6.07 Å². The van der Waals surface area contributed by atoms with Crippen molar-refractivity contribution < 1.29 is 23.4 Å². The van der Waals surface area contributed by atoms with Crippen LogP contribution < -0.4 is 10.5 Å². The Bertz CT molecular complexity index is 1160. The zero-order chi connectivity index (χ0) is 21.5. The highest BCUT2D eigenvalue weighted by atomic mass is 79.9. The normalized spacial score (nSPS) is 18.3. The minimum Gasteiger partial charge on any atom is -0.504 e. The first-order valence-corrected chi connectivity index (χ1v) is 9.59. The number of hydrogen-bond acceptors (Lipinski definition) is 7. The van der Waals surface area contributed by atoms with Gasteiger partial charge in [-0.1, -0.05) is 27.5 Å². The topological polar surface area (TPSA) is 103 Å². The molecular weight excluding hydrogens is 486 g/mol. The van der Waals surface area contributed by atoms with E-state index >= 15 is 0 Å². The molecule has 30 heavy (non-hydrogen) atoms. The summed E-state index contributed by atoms with van der Waals surface area (Å²) in [4.78, 5) is 11.2. The number of rotatable bonds is 0. The lowest BCUT2D eigenvalue weighted by atomic mass is 9.82. The molecule has 0 aliphatic carbocycles. The summed E-state index contributed by atoms with van der Waals surface area (Å²) in [7, 11) is 0. The lowest BCUT2D eigenvalue weighted by Crippen LogP contribution is -2.31. The van der Waals surface area contributed by atoms with E-state index in [0.29, 0.717) is 11.3 Å². The van der Waals surface area contributed by atoms with Crippen molar-refractivity contribution in [3.05, 3.63) is 75.2 Å². The average Bonchev–Trinajstić information content (AvgIpc) is 3.09. The number of ether oxygens (including phenoxy) is 2. The highest BCUT2D eigenvalue weighted by molar-refractivity contribution is 9.10. The number of aromatic nitrogens is 2. The molecule has 1 spiro atoms. The molecular formula is C19H12BrClF2N4O3. The average molecular weight is 498 g/mol. The third-order valence-corrected chi connectivity index (χ3v) is 5.10. The molecule has 4 heterocycles. The quantitative estimate of drug-likeness (QED) is 0.450. The number of benzene rings is 1. The Morgan fingerprint density at radius 1 is 1.17 bits per heavy atom. The van der Waals surface area contributed by atoms with Crippen molar-refractivity contribution in [2.24, 2.45) is 10.7 Å². The maximum atomic E-state index is 14.2. The van der Waals surface area contributed by atoms with Crippen molar-refractivity contribution in [3.63, 3.8) is 0 Å². The monoisotopic (exact) mass is 496 g/mol. The van der Waals surface area contributed by atoms with Crippen LogP contribution in [0.15, 0.2) is 52.1 Å². The van der Waals surface area contributed by atoms with Gasteiger partial charge in [0.1, 0.15) is 17.5 Å². The molecule has 1 atom stereocenters. The van der Waals surface area contributed by atoms with Gasteiger partial charge in [-0.3, -0.25) is 0 Å². The first-order valence-electron chi connectivity index (χ1n) is 8.42. The van der Waals surface area contributed by atoms with Crippen molar-refractivity contribution >= 4 is 33.6 Å². The molecule has 154 valence electrons. The second kappa shape index (κ2) is 7.69. The molecule has 1 aromatic carbocycles. The van der Waals surface area contributed by atoms with Gasteiger partial charge in [-0.15, -0.1) is 0 Å². The Labute approximate surface area is 182 Å². The van der Waals surface area contributed by atoms with Crippen molar-refractivity contribution in [1.82, 2.24) is 9.97 Å². The van der Waals surface area contributed by atoms with Crippen LogP contribution in [0.2, 0.25) is 5.15 Å². The molecule has 0 bridgehead atoms. The maximum Gasteiger partial charge on any atom is 0.283 e. The maximum absolute atomic E-state index is 14.2. The molecule has 0 saturated heterocycles. The van der Waals surface area contributed by atoms with Crippen LogP contribution in [0.3, 0.4) is 0 Å². The standard InChI is InChI=1S/C14H8BrClFN3O2.C5H4FNO/c15-6-1-2-9-7(3-6)14(5-21-13(18)20-14)8-4-10(16)19-12(17)11(8)22-9;6-5-4(8)2-1-3-7-5/h1-4H,5H2,(H2,18,20);1-3,8H. The Hall–Kier alpha value is -2.98. The molecule has 2 aliphatic heterocycles. The van der Waals surface area contributed by atoms with E-state index in [0.717, 1.165) is 10.0 Å². The molecule has 0 amide bonds. The number of pyridine rings is 2. The van der Waals surface area contributed by atoms with Gasteiger partial charge in [0, 0.05) is 21.8 Å². The van der Waals surface area contributed by atoms with Crippen LogP contribution in [-0.4, -0.2) is 27.7 Å². The smallest absolute Gasteiger partial charge is 0.283 e. The van der Waals surface area contributed by atoms with E-state index in [4.69, 9.17) is 31.9 Å². The van der Waals surface area contributed by atoms with Crippen LogP contribution in [0.25, 0.3) is 0 Å². The number of nitrogens with zero attached hydrogens (tertiary/aromatic N) is 3. The Kier molecular flexibility index (Phi) is 5.20. The third-order valence-electron chi connectivity index (χ3n) is 4.41.